The molecule has 2 heterocycles. The summed E-state index contributed by atoms with van der Waals surface area (Å²) in [4.78, 5) is 19.4. The Hall–Kier alpha value is -2.72. The third kappa shape index (κ3) is 3.58. The Kier molecular flexibility index (Phi) is 4.90. The molecule has 4 nitrogen and oxygen atoms in total. The number of amides is 1. The molecule has 27 heavy (non-hydrogen) atoms. The lowest BCUT2D eigenvalue weighted by Crippen LogP contribution is -2.38. The van der Waals surface area contributed by atoms with E-state index in [1.807, 2.05) is 29.2 Å². The van der Waals surface area contributed by atoms with Gasteiger partial charge in [-0.25, -0.2) is 0 Å². The molecule has 0 unspecified atom stereocenters. The summed E-state index contributed by atoms with van der Waals surface area (Å²) in [6, 6.07) is 16.5. The molecule has 138 valence electrons. The molecule has 1 saturated heterocycles. The first-order valence-electron chi connectivity index (χ1n) is 9.59. The van der Waals surface area contributed by atoms with E-state index >= 15 is 0 Å². The van der Waals surface area contributed by atoms with Gasteiger partial charge in [0.15, 0.2) is 0 Å². The first-order chi connectivity index (χ1) is 13.2. The van der Waals surface area contributed by atoms with Gasteiger partial charge in [0.1, 0.15) is 0 Å². The second-order valence-corrected chi connectivity index (χ2v) is 7.39. The Morgan fingerprint density at radius 3 is 2.70 bits per heavy atom. The monoisotopic (exact) mass is 359 g/mol. The molecule has 4 rings (SSSR count). The predicted molar refractivity (Wildman–Crippen MR) is 109 cm³/mol. The van der Waals surface area contributed by atoms with Crippen LogP contribution in [0, 0.1) is 6.92 Å². The molecule has 4 heteroatoms. The fourth-order valence-electron chi connectivity index (χ4n) is 4.06. The van der Waals surface area contributed by atoms with Gasteiger partial charge in [-0.3, -0.25) is 9.78 Å². The minimum Gasteiger partial charge on any atom is -0.339 e. The summed E-state index contributed by atoms with van der Waals surface area (Å²) in [6.45, 7) is 4.16. The molecule has 1 aromatic heterocycles. The highest BCUT2D eigenvalue weighted by Crippen LogP contribution is 2.31. The van der Waals surface area contributed by atoms with Crippen LogP contribution in [0.1, 0.15) is 45.8 Å². The number of carbonyl (C=O) groups is 1. The molecule has 1 amide bonds. The lowest BCUT2D eigenvalue weighted by atomic mass is 9.86. The molecule has 0 bridgehead atoms. The fraction of sp³-hybridized carbons (Fsp3) is 0.304. The highest BCUT2D eigenvalue weighted by molar-refractivity contribution is 5.97. The highest BCUT2D eigenvalue weighted by atomic mass is 16.2. The second kappa shape index (κ2) is 7.49. The number of aryl methyl sites for hydroxylation is 1. The van der Waals surface area contributed by atoms with Crippen molar-refractivity contribution in [2.45, 2.75) is 32.2 Å². The average molecular weight is 359 g/mol. The number of likely N-dealkylation sites (tertiary alicyclic amines) is 1. The van der Waals surface area contributed by atoms with Crippen LogP contribution in [-0.2, 0) is 6.54 Å². The van der Waals surface area contributed by atoms with E-state index < -0.39 is 0 Å². The molecule has 2 aromatic carbocycles. The van der Waals surface area contributed by atoms with Crippen LogP contribution < -0.4 is 5.73 Å². The molecular weight excluding hydrogens is 334 g/mol. The van der Waals surface area contributed by atoms with Crippen LogP contribution in [0.25, 0.3) is 10.9 Å². The number of pyridine rings is 1. The SMILES string of the molecule is Cc1ccc2ncc(C(=O)N3CCC(c4ccccc4CN)CC3)cc2c1. The number of rotatable bonds is 3. The fourth-order valence-corrected chi connectivity index (χ4v) is 4.06. The summed E-state index contributed by atoms with van der Waals surface area (Å²) in [5.74, 6) is 0.558. The average Bonchev–Trinajstić information content (AvgIpc) is 2.72. The maximum absolute atomic E-state index is 13.0. The lowest BCUT2D eigenvalue weighted by Gasteiger charge is -2.33. The topological polar surface area (TPSA) is 59.2 Å². The number of aromatic nitrogens is 1. The summed E-state index contributed by atoms with van der Waals surface area (Å²) >= 11 is 0. The number of benzene rings is 2. The molecule has 0 saturated carbocycles. The summed E-state index contributed by atoms with van der Waals surface area (Å²) in [5.41, 5.74) is 11.2. The number of nitrogens with zero attached hydrogens (tertiary/aromatic N) is 2. The van der Waals surface area contributed by atoms with Gasteiger partial charge in [0.2, 0.25) is 0 Å². The van der Waals surface area contributed by atoms with Crippen molar-refractivity contribution in [3.8, 4) is 0 Å². The minimum atomic E-state index is 0.0801. The molecule has 0 atom stereocenters. The molecular formula is C23H25N3O. The van der Waals surface area contributed by atoms with Crippen molar-refractivity contribution >= 4 is 16.8 Å². The van der Waals surface area contributed by atoms with E-state index in [9.17, 15) is 4.79 Å². The Morgan fingerprint density at radius 1 is 1.15 bits per heavy atom. The smallest absolute Gasteiger partial charge is 0.255 e. The summed E-state index contributed by atoms with van der Waals surface area (Å²) in [5, 5.41) is 1.02. The largest absolute Gasteiger partial charge is 0.339 e. The van der Waals surface area contributed by atoms with Crippen molar-refractivity contribution in [2.75, 3.05) is 13.1 Å². The quantitative estimate of drug-likeness (QED) is 0.768. The van der Waals surface area contributed by atoms with Crippen LogP contribution in [0.4, 0.5) is 0 Å². The Balaban J connectivity index is 1.48. The van der Waals surface area contributed by atoms with Crippen LogP contribution in [0.15, 0.2) is 54.7 Å². The molecule has 2 N–H and O–H groups in total. The van der Waals surface area contributed by atoms with Crippen molar-refractivity contribution in [1.29, 1.82) is 0 Å². The van der Waals surface area contributed by atoms with Crippen LogP contribution in [0.5, 0.6) is 0 Å². The summed E-state index contributed by atoms with van der Waals surface area (Å²) in [6.07, 6.45) is 3.65. The predicted octanol–water partition coefficient (Wildman–Crippen LogP) is 4.02. The van der Waals surface area contributed by atoms with Gasteiger partial charge >= 0.3 is 0 Å². The van der Waals surface area contributed by atoms with Crippen molar-refractivity contribution in [3.63, 3.8) is 0 Å². The van der Waals surface area contributed by atoms with Gasteiger partial charge in [-0.2, -0.15) is 0 Å². The van der Waals surface area contributed by atoms with E-state index in [0.29, 0.717) is 18.0 Å². The number of nitrogens with two attached hydrogens (primary N) is 1. The molecule has 0 aliphatic carbocycles. The lowest BCUT2D eigenvalue weighted by molar-refractivity contribution is 0.0712. The molecule has 1 aliphatic heterocycles. The number of hydrogen-bond donors (Lipinski definition) is 1. The van der Waals surface area contributed by atoms with E-state index in [0.717, 1.165) is 36.8 Å². The third-order valence-electron chi connectivity index (χ3n) is 5.58. The zero-order valence-corrected chi connectivity index (χ0v) is 15.7. The molecule has 3 aromatic rings. The second-order valence-electron chi connectivity index (χ2n) is 7.39. The van der Waals surface area contributed by atoms with Gasteiger partial charge in [0.05, 0.1) is 11.1 Å². The van der Waals surface area contributed by atoms with Crippen molar-refractivity contribution in [2.24, 2.45) is 5.73 Å². The number of carbonyl (C=O) groups excluding carboxylic acids is 1. The summed E-state index contributed by atoms with van der Waals surface area (Å²) < 4.78 is 0. The maximum Gasteiger partial charge on any atom is 0.255 e. The van der Waals surface area contributed by atoms with Gasteiger partial charge in [-0.15, -0.1) is 0 Å². The summed E-state index contributed by atoms with van der Waals surface area (Å²) in [7, 11) is 0. The first kappa shape index (κ1) is 17.7. The molecule has 0 radical (unpaired) electrons. The van der Waals surface area contributed by atoms with Gasteiger partial charge in [-0.1, -0.05) is 35.9 Å². The van der Waals surface area contributed by atoms with E-state index in [4.69, 9.17) is 5.73 Å². The molecule has 1 fully saturated rings. The van der Waals surface area contributed by atoms with Crippen LogP contribution in [0.2, 0.25) is 0 Å². The maximum atomic E-state index is 13.0. The third-order valence-corrected chi connectivity index (χ3v) is 5.58. The zero-order chi connectivity index (χ0) is 18.8. The van der Waals surface area contributed by atoms with E-state index in [1.165, 1.54) is 16.7 Å². The number of piperidine rings is 1. The molecule has 1 aliphatic rings. The van der Waals surface area contributed by atoms with Gasteiger partial charge in [0, 0.05) is 31.2 Å². The van der Waals surface area contributed by atoms with Crippen molar-refractivity contribution in [3.05, 3.63) is 77.0 Å². The Bertz CT molecular complexity index is 974. The van der Waals surface area contributed by atoms with E-state index in [2.05, 4.69) is 36.2 Å². The van der Waals surface area contributed by atoms with Crippen LogP contribution in [-0.4, -0.2) is 28.9 Å². The molecule has 0 spiro atoms. The highest BCUT2D eigenvalue weighted by Gasteiger charge is 2.25. The van der Waals surface area contributed by atoms with Gasteiger partial charge in [-0.05, 0) is 55.0 Å². The van der Waals surface area contributed by atoms with Crippen molar-refractivity contribution < 1.29 is 4.79 Å². The number of hydrogen-bond acceptors (Lipinski definition) is 3. The Labute approximate surface area is 160 Å². The normalized spacial score (nSPS) is 15.3. The van der Waals surface area contributed by atoms with E-state index in [-0.39, 0.29) is 5.91 Å². The first-order valence-corrected chi connectivity index (χ1v) is 9.59. The van der Waals surface area contributed by atoms with Gasteiger partial charge < -0.3 is 10.6 Å². The van der Waals surface area contributed by atoms with Crippen molar-refractivity contribution in [1.82, 2.24) is 9.88 Å². The van der Waals surface area contributed by atoms with Crippen LogP contribution >= 0.6 is 0 Å². The number of fused-ring (bicyclic) bond motifs is 1. The Morgan fingerprint density at radius 2 is 1.93 bits per heavy atom. The van der Waals surface area contributed by atoms with E-state index in [1.54, 1.807) is 6.20 Å². The zero-order valence-electron chi connectivity index (χ0n) is 15.7. The standard InChI is InChI=1S/C23H25N3O/c1-16-6-7-22-19(12-16)13-20(15-25-22)23(27)26-10-8-17(9-11-26)21-5-3-2-4-18(21)14-24/h2-7,12-13,15,17H,8-11,14,24H2,1H3. The minimum absolute atomic E-state index is 0.0801. The van der Waals surface area contributed by atoms with Gasteiger partial charge in [0.25, 0.3) is 5.91 Å². The van der Waals surface area contributed by atoms with Crippen LogP contribution in [0.3, 0.4) is 0 Å².